The van der Waals surface area contributed by atoms with Gasteiger partial charge in [0.15, 0.2) is 0 Å². The van der Waals surface area contributed by atoms with Gasteiger partial charge in [-0.25, -0.2) is 0 Å². The lowest BCUT2D eigenvalue weighted by Crippen LogP contribution is -2.27. The molecule has 0 aromatic heterocycles. The van der Waals surface area contributed by atoms with Crippen LogP contribution in [0.1, 0.15) is 19.3 Å². The highest BCUT2D eigenvalue weighted by atomic mass is 16.4. The molecule has 1 amide bonds. The molecule has 0 atom stereocenters. The molecule has 0 aliphatic carbocycles. The monoisotopic (exact) mass is 197 g/mol. The van der Waals surface area contributed by atoms with Crippen molar-refractivity contribution in [1.29, 1.82) is 0 Å². The van der Waals surface area contributed by atoms with Gasteiger partial charge in [0.25, 0.3) is 0 Å². The SMILES string of the molecule is C=CCCC/C=C/C(=O)NCC(=O)O. The van der Waals surface area contributed by atoms with Crippen LogP contribution in [0.4, 0.5) is 0 Å². The number of carboxylic acids is 1. The Bertz CT molecular complexity index is 234. The van der Waals surface area contributed by atoms with Crippen molar-refractivity contribution in [2.24, 2.45) is 0 Å². The first-order chi connectivity index (χ1) is 6.66. The predicted molar refractivity (Wildman–Crippen MR) is 53.8 cm³/mol. The Kier molecular flexibility index (Phi) is 7.13. The van der Waals surface area contributed by atoms with Crippen molar-refractivity contribution >= 4 is 11.9 Å². The Morgan fingerprint density at radius 3 is 2.64 bits per heavy atom. The van der Waals surface area contributed by atoms with E-state index in [1.54, 1.807) is 6.08 Å². The van der Waals surface area contributed by atoms with E-state index >= 15 is 0 Å². The van der Waals surface area contributed by atoms with Gasteiger partial charge in [-0.15, -0.1) is 6.58 Å². The zero-order valence-electron chi connectivity index (χ0n) is 8.03. The second kappa shape index (κ2) is 8.04. The maximum atomic E-state index is 10.9. The number of hydrogen-bond donors (Lipinski definition) is 2. The Labute approximate surface area is 83.3 Å². The van der Waals surface area contributed by atoms with Gasteiger partial charge in [0.2, 0.25) is 5.91 Å². The summed E-state index contributed by atoms with van der Waals surface area (Å²) in [5, 5.41) is 10.5. The largest absolute Gasteiger partial charge is 0.480 e. The predicted octanol–water partition coefficient (Wildman–Crippen LogP) is 1.10. The Morgan fingerprint density at radius 1 is 1.36 bits per heavy atom. The number of rotatable bonds is 7. The lowest BCUT2D eigenvalue weighted by Gasteiger charge is -1.95. The van der Waals surface area contributed by atoms with Crippen LogP contribution in [0.3, 0.4) is 0 Å². The third kappa shape index (κ3) is 8.52. The molecule has 4 nitrogen and oxygen atoms in total. The zero-order chi connectivity index (χ0) is 10.8. The molecule has 0 bridgehead atoms. The van der Waals surface area contributed by atoms with Gasteiger partial charge in [0.05, 0.1) is 0 Å². The molecule has 0 aliphatic rings. The molecule has 0 aromatic rings. The van der Waals surface area contributed by atoms with Crippen molar-refractivity contribution in [3.8, 4) is 0 Å². The third-order valence-electron chi connectivity index (χ3n) is 1.46. The van der Waals surface area contributed by atoms with Crippen molar-refractivity contribution in [1.82, 2.24) is 5.32 Å². The summed E-state index contributed by atoms with van der Waals surface area (Å²) in [7, 11) is 0. The summed E-state index contributed by atoms with van der Waals surface area (Å²) >= 11 is 0. The first-order valence-electron chi connectivity index (χ1n) is 4.44. The molecule has 0 unspecified atom stereocenters. The lowest BCUT2D eigenvalue weighted by atomic mass is 10.2. The highest BCUT2D eigenvalue weighted by Crippen LogP contribution is 1.96. The van der Waals surface area contributed by atoms with Gasteiger partial charge in [-0.05, 0) is 25.3 Å². The van der Waals surface area contributed by atoms with Crippen LogP contribution in [0.5, 0.6) is 0 Å². The quantitative estimate of drug-likeness (QED) is 0.365. The van der Waals surface area contributed by atoms with Crippen molar-refractivity contribution in [3.63, 3.8) is 0 Å². The van der Waals surface area contributed by atoms with Gasteiger partial charge in [0.1, 0.15) is 6.54 Å². The summed E-state index contributed by atoms with van der Waals surface area (Å²) in [5.74, 6) is -1.41. The number of nitrogens with one attached hydrogen (secondary N) is 1. The molecule has 0 rings (SSSR count). The first kappa shape index (κ1) is 12.4. The molecule has 0 saturated heterocycles. The van der Waals surface area contributed by atoms with Gasteiger partial charge in [-0.1, -0.05) is 12.2 Å². The smallest absolute Gasteiger partial charge is 0.322 e. The van der Waals surface area contributed by atoms with Crippen LogP contribution in [0.15, 0.2) is 24.8 Å². The van der Waals surface area contributed by atoms with E-state index in [1.807, 2.05) is 6.08 Å². The van der Waals surface area contributed by atoms with Crippen LogP contribution in [0, 0.1) is 0 Å². The lowest BCUT2D eigenvalue weighted by molar-refractivity contribution is -0.137. The maximum Gasteiger partial charge on any atom is 0.322 e. The summed E-state index contributed by atoms with van der Waals surface area (Å²) in [6.45, 7) is 3.24. The van der Waals surface area contributed by atoms with Crippen LogP contribution < -0.4 is 5.32 Å². The minimum Gasteiger partial charge on any atom is -0.480 e. The highest BCUT2D eigenvalue weighted by molar-refractivity contribution is 5.89. The van der Waals surface area contributed by atoms with E-state index in [4.69, 9.17) is 5.11 Å². The summed E-state index contributed by atoms with van der Waals surface area (Å²) in [6.07, 6.45) is 7.56. The van der Waals surface area contributed by atoms with Crippen LogP contribution >= 0.6 is 0 Å². The van der Waals surface area contributed by atoms with Crippen LogP contribution in [0.25, 0.3) is 0 Å². The molecule has 14 heavy (non-hydrogen) atoms. The number of amides is 1. The van der Waals surface area contributed by atoms with Crippen LogP contribution in [-0.2, 0) is 9.59 Å². The maximum absolute atomic E-state index is 10.9. The topological polar surface area (TPSA) is 66.4 Å². The van der Waals surface area contributed by atoms with E-state index in [0.29, 0.717) is 0 Å². The van der Waals surface area contributed by atoms with Crippen molar-refractivity contribution in [3.05, 3.63) is 24.8 Å². The molecule has 0 spiro atoms. The molecular formula is C10H15NO3. The molecule has 0 heterocycles. The molecule has 0 saturated carbocycles. The molecule has 78 valence electrons. The van der Waals surface area contributed by atoms with Crippen molar-refractivity contribution in [2.45, 2.75) is 19.3 Å². The number of carbonyl (C=O) groups is 2. The summed E-state index contributed by atoms with van der Waals surface area (Å²) in [4.78, 5) is 21.0. The Balaban J connectivity index is 3.50. The van der Waals surface area contributed by atoms with E-state index in [0.717, 1.165) is 19.3 Å². The number of carbonyl (C=O) groups excluding carboxylic acids is 1. The van der Waals surface area contributed by atoms with E-state index in [9.17, 15) is 9.59 Å². The first-order valence-corrected chi connectivity index (χ1v) is 4.44. The van der Waals surface area contributed by atoms with Crippen LogP contribution in [0.2, 0.25) is 0 Å². The molecule has 0 aromatic carbocycles. The van der Waals surface area contributed by atoms with Gasteiger partial charge in [-0.2, -0.15) is 0 Å². The summed E-state index contributed by atoms with van der Waals surface area (Å²) in [5.41, 5.74) is 0. The van der Waals surface area contributed by atoms with E-state index in [2.05, 4.69) is 11.9 Å². The number of aliphatic carboxylic acids is 1. The minimum absolute atomic E-state index is 0.337. The van der Waals surface area contributed by atoms with Gasteiger partial charge in [-0.3, -0.25) is 9.59 Å². The third-order valence-corrected chi connectivity index (χ3v) is 1.46. The average Bonchev–Trinajstić information content (AvgIpc) is 2.14. The fourth-order valence-electron chi connectivity index (χ4n) is 0.792. The summed E-state index contributed by atoms with van der Waals surface area (Å²) < 4.78 is 0. The minimum atomic E-state index is -1.04. The molecule has 0 fully saturated rings. The molecular weight excluding hydrogens is 182 g/mol. The fraction of sp³-hybridized carbons (Fsp3) is 0.400. The molecule has 4 heteroatoms. The second-order valence-corrected chi connectivity index (χ2v) is 2.73. The van der Waals surface area contributed by atoms with Crippen LogP contribution in [-0.4, -0.2) is 23.5 Å². The summed E-state index contributed by atoms with van der Waals surface area (Å²) in [6, 6.07) is 0. The second-order valence-electron chi connectivity index (χ2n) is 2.73. The number of allylic oxidation sites excluding steroid dienone is 2. The standard InChI is InChI=1S/C10H15NO3/c1-2-3-4-5-6-7-9(12)11-8-10(13)14/h2,6-7H,1,3-5,8H2,(H,11,12)(H,13,14)/b7-6+. The van der Waals surface area contributed by atoms with E-state index in [1.165, 1.54) is 6.08 Å². The Hall–Kier alpha value is -1.58. The molecule has 0 aliphatic heterocycles. The van der Waals surface area contributed by atoms with Crippen molar-refractivity contribution in [2.75, 3.05) is 6.54 Å². The van der Waals surface area contributed by atoms with Crippen molar-refractivity contribution < 1.29 is 14.7 Å². The molecule has 2 N–H and O–H groups in total. The normalized spacial score (nSPS) is 10.0. The number of carboxylic acid groups (broad SMARTS) is 1. The van der Waals surface area contributed by atoms with Gasteiger partial charge >= 0.3 is 5.97 Å². The van der Waals surface area contributed by atoms with E-state index < -0.39 is 5.97 Å². The number of unbranched alkanes of at least 4 members (excludes halogenated alkanes) is 2. The number of hydrogen-bond acceptors (Lipinski definition) is 2. The van der Waals surface area contributed by atoms with Gasteiger partial charge < -0.3 is 10.4 Å². The molecule has 0 radical (unpaired) electrons. The van der Waals surface area contributed by atoms with Gasteiger partial charge in [0, 0.05) is 0 Å². The Morgan fingerprint density at radius 2 is 2.07 bits per heavy atom. The highest BCUT2D eigenvalue weighted by Gasteiger charge is 1.98. The fourth-order valence-corrected chi connectivity index (χ4v) is 0.792. The average molecular weight is 197 g/mol. The van der Waals surface area contributed by atoms with E-state index in [-0.39, 0.29) is 12.5 Å². The zero-order valence-corrected chi connectivity index (χ0v) is 8.03.